The van der Waals surface area contributed by atoms with E-state index in [1.54, 1.807) is 56.5 Å². The highest BCUT2D eigenvalue weighted by atomic mass is 79.9. The lowest BCUT2D eigenvalue weighted by Gasteiger charge is -2.32. The monoisotopic (exact) mass is 659 g/mol. The van der Waals surface area contributed by atoms with Gasteiger partial charge in [-0.15, -0.1) is 0 Å². The minimum Gasteiger partial charge on any atom is -0.497 e. The number of aryl methyl sites for hydroxylation is 1. The molecule has 0 saturated carbocycles. The Balaban J connectivity index is 2.04. The Kier molecular flexibility index (Phi) is 11.4. The summed E-state index contributed by atoms with van der Waals surface area (Å²) in [6.45, 7) is 6.95. The summed E-state index contributed by atoms with van der Waals surface area (Å²) < 4.78 is 40.1. The van der Waals surface area contributed by atoms with Gasteiger partial charge in [0.25, 0.3) is 10.0 Å². The number of anilines is 1. The Morgan fingerprint density at radius 1 is 0.952 bits per heavy atom. The van der Waals surface area contributed by atoms with Crippen LogP contribution in [0.3, 0.4) is 0 Å². The molecule has 0 aliphatic carbocycles. The van der Waals surface area contributed by atoms with Crippen LogP contribution in [0.15, 0.2) is 76.1 Å². The number of carbonyl (C=O) groups is 2. The lowest BCUT2D eigenvalue weighted by Crippen LogP contribution is -2.52. The molecule has 11 heteroatoms. The van der Waals surface area contributed by atoms with E-state index < -0.39 is 28.5 Å². The van der Waals surface area contributed by atoms with Crippen LogP contribution in [0, 0.1) is 6.92 Å². The Morgan fingerprint density at radius 2 is 1.60 bits per heavy atom. The van der Waals surface area contributed by atoms with Gasteiger partial charge in [-0.05, 0) is 91.1 Å². The number of hydrogen-bond acceptors (Lipinski definition) is 6. The molecule has 0 radical (unpaired) electrons. The Morgan fingerprint density at radius 3 is 2.14 bits per heavy atom. The molecular formula is C31H38BrN3O6S. The fraction of sp³-hybridized carbons (Fsp3) is 0.355. The van der Waals surface area contributed by atoms with E-state index in [1.807, 2.05) is 32.9 Å². The van der Waals surface area contributed by atoms with E-state index >= 15 is 0 Å². The molecule has 3 rings (SSSR count). The van der Waals surface area contributed by atoms with Gasteiger partial charge in [0.15, 0.2) is 0 Å². The molecule has 2 amide bonds. The van der Waals surface area contributed by atoms with Crippen LogP contribution in [0.1, 0.15) is 38.3 Å². The molecule has 3 aromatic carbocycles. The first-order valence-corrected chi connectivity index (χ1v) is 15.8. The number of methoxy groups -OCH3 is 2. The molecule has 0 saturated heterocycles. The van der Waals surface area contributed by atoms with Gasteiger partial charge in [-0.3, -0.25) is 13.9 Å². The van der Waals surface area contributed by atoms with Crippen molar-refractivity contribution in [2.45, 2.75) is 57.6 Å². The summed E-state index contributed by atoms with van der Waals surface area (Å²) in [4.78, 5) is 28.6. The van der Waals surface area contributed by atoms with Crippen LogP contribution in [-0.2, 0) is 26.2 Å². The zero-order valence-corrected chi connectivity index (χ0v) is 27.2. The highest BCUT2D eigenvalue weighted by molar-refractivity contribution is 9.10. The van der Waals surface area contributed by atoms with Gasteiger partial charge >= 0.3 is 0 Å². The average Bonchev–Trinajstić information content (AvgIpc) is 2.98. The second-order valence-corrected chi connectivity index (χ2v) is 12.7. The minimum absolute atomic E-state index is 0.0205. The van der Waals surface area contributed by atoms with Crippen LogP contribution in [0.25, 0.3) is 0 Å². The first-order chi connectivity index (χ1) is 19.9. The number of rotatable bonds is 13. The molecule has 2 unspecified atom stereocenters. The van der Waals surface area contributed by atoms with Crippen molar-refractivity contribution >= 4 is 43.5 Å². The number of carbonyl (C=O) groups excluding carboxylic acids is 2. The second-order valence-electron chi connectivity index (χ2n) is 10.0. The molecule has 9 nitrogen and oxygen atoms in total. The van der Waals surface area contributed by atoms with Crippen molar-refractivity contribution < 1.29 is 27.5 Å². The third kappa shape index (κ3) is 8.04. The summed E-state index contributed by atoms with van der Waals surface area (Å²) in [6.07, 6.45) is 0.724. The van der Waals surface area contributed by atoms with Crippen molar-refractivity contribution in [3.63, 3.8) is 0 Å². The smallest absolute Gasteiger partial charge is 0.264 e. The molecule has 0 heterocycles. The predicted molar refractivity (Wildman–Crippen MR) is 167 cm³/mol. The average molecular weight is 661 g/mol. The van der Waals surface area contributed by atoms with E-state index in [9.17, 15) is 18.0 Å². The maximum atomic E-state index is 14.1. The molecule has 42 heavy (non-hydrogen) atoms. The summed E-state index contributed by atoms with van der Waals surface area (Å²) in [5, 5.41) is 2.93. The number of ether oxygens (including phenoxy) is 2. The van der Waals surface area contributed by atoms with E-state index in [-0.39, 0.29) is 23.4 Å². The van der Waals surface area contributed by atoms with Crippen LogP contribution in [0.4, 0.5) is 5.69 Å². The minimum atomic E-state index is -4.21. The largest absolute Gasteiger partial charge is 0.497 e. The fourth-order valence-corrected chi connectivity index (χ4v) is 6.28. The number of amides is 2. The van der Waals surface area contributed by atoms with Gasteiger partial charge in [-0.1, -0.05) is 36.8 Å². The zero-order chi connectivity index (χ0) is 31.0. The molecule has 226 valence electrons. The normalized spacial score (nSPS) is 12.6. The van der Waals surface area contributed by atoms with Gasteiger partial charge < -0.3 is 19.7 Å². The van der Waals surface area contributed by atoms with Gasteiger partial charge in [0, 0.05) is 12.6 Å². The van der Waals surface area contributed by atoms with Crippen molar-refractivity contribution in [3.05, 3.63) is 82.3 Å². The summed E-state index contributed by atoms with van der Waals surface area (Å²) in [5.74, 6) is 0.268. The van der Waals surface area contributed by atoms with E-state index in [0.29, 0.717) is 21.7 Å². The first kappa shape index (κ1) is 32.9. The van der Waals surface area contributed by atoms with Crippen molar-refractivity contribution in [2.24, 2.45) is 0 Å². The van der Waals surface area contributed by atoms with E-state index in [0.717, 1.165) is 21.9 Å². The third-order valence-electron chi connectivity index (χ3n) is 6.99. The van der Waals surface area contributed by atoms with Gasteiger partial charge in [-0.2, -0.15) is 0 Å². The first-order valence-electron chi connectivity index (χ1n) is 13.6. The molecule has 0 aliphatic rings. The number of nitrogens with one attached hydrogen (secondary N) is 1. The fourth-order valence-electron chi connectivity index (χ4n) is 4.15. The highest BCUT2D eigenvalue weighted by Crippen LogP contribution is 2.31. The SMILES string of the molecule is CCC(C)NC(=O)C(C)N(Cc1ccc(OC)cc1)C(=O)CN(c1ccc(C)cc1)S(=O)(=O)c1ccc(OC)c(Br)c1. The van der Waals surface area contributed by atoms with Crippen molar-refractivity contribution in [2.75, 3.05) is 25.1 Å². The van der Waals surface area contributed by atoms with Crippen LogP contribution in [0.5, 0.6) is 11.5 Å². The zero-order valence-electron chi connectivity index (χ0n) is 24.8. The van der Waals surface area contributed by atoms with Crippen molar-refractivity contribution in [1.82, 2.24) is 10.2 Å². The van der Waals surface area contributed by atoms with Crippen LogP contribution < -0.4 is 19.1 Å². The van der Waals surface area contributed by atoms with E-state index in [4.69, 9.17) is 9.47 Å². The van der Waals surface area contributed by atoms with Crippen LogP contribution in [0.2, 0.25) is 0 Å². The van der Waals surface area contributed by atoms with Gasteiger partial charge in [0.2, 0.25) is 11.8 Å². The topological polar surface area (TPSA) is 105 Å². The Labute approximate surface area is 257 Å². The molecule has 0 bridgehead atoms. The molecular weight excluding hydrogens is 622 g/mol. The second kappa shape index (κ2) is 14.6. The van der Waals surface area contributed by atoms with Crippen molar-refractivity contribution in [1.29, 1.82) is 0 Å². The molecule has 3 aromatic rings. The maximum Gasteiger partial charge on any atom is 0.264 e. The van der Waals surface area contributed by atoms with Gasteiger partial charge in [0.1, 0.15) is 24.1 Å². The maximum absolute atomic E-state index is 14.1. The molecule has 0 spiro atoms. The summed E-state index contributed by atoms with van der Waals surface area (Å²) in [5.41, 5.74) is 2.02. The molecule has 0 aromatic heterocycles. The van der Waals surface area contributed by atoms with E-state index in [1.165, 1.54) is 24.1 Å². The van der Waals surface area contributed by atoms with Crippen LogP contribution >= 0.6 is 15.9 Å². The molecule has 2 atom stereocenters. The lowest BCUT2D eigenvalue weighted by atomic mass is 10.1. The van der Waals surface area contributed by atoms with E-state index in [2.05, 4.69) is 21.2 Å². The Hall–Kier alpha value is -3.57. The van der Waals surface area contributed by atoms with Gasteiger partial charge in [-0.25, -0.2) is 8.42 Å². The van der Waals surface area contributed by atoms with Crippen LogP contribution in [-0.4, -0.2) is 58.0 Å². The summed E-state index contributed by atoms with van der Waals surface area (Å²) in [7, 11) is -1.16. The predicted octanol–water partition coefficient (Wildman–Crippen LogP) is 5.30. The quantitative estimate of drug-likeness (QED) is 0.267. The standard InChI is InChI=1S/C31H38BrN3O6S/c1-7-22(3)33-31(37)23(4)34(19-24-10-14-26(40-5)15-11-24)30(36)20-35(25-12-8-21(2)9-13-25)42(38,39)27-16-17-29(41-6)28(32)18-27/h8-18,22-23H,7,19-20H2,1-6H3,(H,33,37). The Bertz CT molecular complexity index is 1480. The number of hydrogen-bond donors (Lipinski definition) is 1. The summed E-state index contributed by atoms with van der Waals surface area (Å²) in [6, 6.07) is 17.5. The number of nitrogens with zero attached hydrogens (tertiary/aromatic N) is 2. The highest BCUT2D eigenvalue weighted by Gasteiger charge is 2.33. The van der Waals surface area contributed by atoms with Gasteiger partial charge in [0.05, 0.1) is 29.3 Å². The third-order valence-corrected chi connectivity index (χ3v) is 9.38. The lowest BCUT2D eigenvalue weighted by molar-refractivity contribution is -0.139. The molecule has 1 N–H and O–H groups in total. The molecule has 0 fully saturated rings. The number of sulfonamides is 1. The summed E-state index contributed by atoms with van der Waals surface area (Å²) >= 11 is 3.36. The number of benzene rings is 3. The number of halogens is 1. The molecule has 0 aliphatic heterocycles. The van der Waals surface area contributed by atoms with Crippen molar-refractivity contribution in [3.8, 4) is 11.5 Å².